The van der Waals surface area contributed by atoms with E-state index in [-0.39, 0.29) is 0 Å². The first-order chi connectivity index (χ1) is 11.5. The molecule has 6 nitrogen and oxygen atoms in total. The van der Waals surface area contributed by atoms with Crippen molar-refractivity contribution >= 4 is 17.3 Å². The smallest absolute Gasteiger partial charge is 0.216 e. The van der Waals surface area contributed by atoms with E-state index in [1.165, 1.54) is 5.01 Å². The number of aliphatic imine (C=N–C) groups is 1. The van der Waals surface area contributed by atoms with Gasteiger partial charge in [-0.3, -0.25) is 0 Å². The first-order valence-electron chi connectivity index (χ1n) is 8.39. The molecule has 0 fully saturated rings. The molecule has 7 heteroatoms. The second-order valence-corrected chi connectivity index (χ2v) is 6.84. The van der Waals surface area contributed by atoms with Crippen molar-refractivity contribution in [1.29, 1.82) is 0 Å². The summed E-state index contributed by atoms with van der Waals surface area (Å²) in [5.41, 5.74) is 2.05. The fourth-order valence-corrected chi connectivity index (χ4v) is 2.98. The standard InChI is InChI=1S/C17H27N5OS/c1-6-18-17(20-9-15-21-12(4)13(5)23-15)19-8-7-14-10-24-16(22-14)11(2)3/h10-11H,6-9H2,1-5H3,(H2,18,19,20). The molecular formula is C17H27N5OS. The maximum Gasteiger partial charge on any atom is 0.216 e. The van der Waals surface area contributed by atoms with Crippen LogP contribution in [0.3, 0.4) is 0 Å². The minimum Gasteiger partial charge on any atom is -0.444 e. The molecule has 2 rings (SSSR count). The van der Waals surface area contributed by atoms with Gasteiger partial charge in [0, 0.05) is 30.8 Å². The number of aromatic nitrogens is 2. The summed E-state index contributed by atoms with van der Waals surface area (Å²) in [5.74, 6) is 2.75. The number of hydrogen-bond acceptors (Lipinski definition) is 5. The predicted molar refractivity (Wildman–Crippen MR) is 98.7 cm³/mol. The molecule has 2 aromatic heterocycles. The van der Waals surface area contributed by atoms with Crippen LogP contribution in [0.4, 0.5) is 0 Å². The largest absolute Gasteiger partial charge is 0.444 e. The van der Waals surface area contributed by atoms with Gasteiger partial charge in [-0.25, -0.2) is 15.0 Å². The van der Waals surface area contributed by atoms with E-state index in [2.05, 4.69) is 44.8 Å². The average molecular weight is 350 g/mol. The topological polar surface area (TPSA) is 75.3 Å². The van der Waals surface area contributed by atoms with Crippen LogP contribution in [0.15, 0.2) is 14.8 Å². The van der Waals surface area contributed by atoms with Gasteiger partial charge in [0.1, 0.15) is 12.3 Å². The van der Waals surface area contributed by atoms with E-state index >= 15 is 0 Å². The number of hydrogen-bond donors (Lipinski definition) is 2. The van der Waals surface area contributed by atoms with Crippen LogP contribution in [0.5, 0.6) is 0 Å². The molecule has 0 bridgehead atoms. The molecular weight excluding hydrogens is 322 g/mol. The summed E-state index contributed by atoms with van der Waals surface area (Å²) in [6, 6.07) is 0. The van der Waals surface area contributed by atoms with E-state index in [4.69, 9.17) is 4.42 Å². The number of thiazole rings is 1. The highest BCUT2D eigenvalue weighted by molar-refractivity contribution is 7.09. The lowest BCUT2D eigenvalue weighted by Gasteiger charge is -2.10. The lowest BCUT2D eigenvalue weighted by atomic mass is 10.2. The first-order valence-corrected chi connectivity index (χ1v) is 9.27. The zero-order valence-corrected chi connectivity index (χ0v) is 16.0. The summed E-state index contributed by atoms with van der Waals surface area (Å²) < 4.78 is 5.56. The molecule has 2 aromatic rings. The Bertz CT molecular complexity index is 655. The molecule has 24 heavy (non-hydrogen) atoms. The Morgan fingerprint density at radius 3 is 2.67 bits per heavy atom. The number of nitrogens with zero attached hydrogens (tertiary/aromatic N) is 3. The van der Waals surface area contributed by atoms with Crippen LogP contribution in [0.2, 0.25) is 0 Å². The van der Waals surface area contributed by atoms with Gasteiger partial charge in [0.05, 0.1) is 16.4 Å². The van der Waals surface area contributed by atoms with Crippen molar-refractivity contribution in [2.45, 2.75) is 53.5 Å². The number of aryl methyl sites for hydroxylation is 2. The molecule has 0 unspecified atom stereocenters. The first kappa shape index (κ1) is 18.4. The van der Waals surface area contributed by atoms with Crippen molar-refractivity contribution in [2.75, 3.05) is 13.1 Å². The van der Waals surface area contributed by atoms with Gasteiger partial charge in [0.2, 0.25) is 5.89 Å². The summed E-state index contributed by atoms with van der Waals surface area (Å²) in [6.45, 7) is 12.3. The second kappa shape index (κ2) is 8.82. The minimum atomic E-state index is 0.429. The Hall–Kier alpha value is -1.89. The van der Waals surface area contributed by atoms with Crippen molar-refractivity contribution in [2.24, 2.45) is 4.99 Å². The van der Waals surface area contributed by atoms with Crippen LogP contribution in [0, 0.1) is 13.8 Å². The van der Waals surface area contributed by atoms with Crippen LogP contribution in [0.1, 0.15) is 54.7 Å². The molecule has 2 heterocycles. The Labute approximate surface area is 147 Å². The maximum atomic E-state index is 5.56. The van der Waals surface area contributed by atoms with E-state index < -0.39 is 0 Å². The highest BCUT2D eigenvalue weighted by Gasteiger charge is 2.07. The number of oxazole rings is 1. The van der Waals surface area contributed by atoms with Gasteiger partial charge in [-0.2, -0.15) is 0 Å². The summed E-state index contributed by atoms with van der Waals surface area (Å²) in [7, 11) is 0. The van der Waals surface area contributed by atoms with Gasteiger partial charge in [0.15, 0.2) is 5.96 Å². The highest BCUT2D eigenvalue weighted by atomic mass is 32.1. The Morgan fingerprint density at radius 2 is 2.08 bits per heavy atom. The zero-order valence-electron chi connectivity index (χ0n) is 15.1. The number of guanidine groups is 1. The fraction of sp³-hybridized carbons (Fsp3) is 0.588. The molecule has 0 spiro atoms. The van der Waals surface area contributed by atoms with Crippen molar-refractivity contribution in [3.8, 4) is 0 Å². The molecule has 132 valence electrons. The van der Waals surface area contributed by atoms with E-state index in [1.807, 2.05) is 20.8 Å². The van der Waals surface area contributed by atoms with Crippen molar-refractivity contribution in [3.63, 3.8) is 0 Å². The predicted octanol–water partition coefficient (Wildman–Crippen LogP) is 3.17. The van der Waals surface area contributed by atoms with Gasteiger partial charge >= 0.3 is 0 Å². The third kappa shape index (κ3) is 5.33. The molecule has 0 saturated carbocycles. The molecule has 0 aliphatic rings. The third-order valence-corrected chi connectivity index (χ3v) is 4.72. The van der Waals surface area contributed by atoms with Crippen molar-refractivity contribution in [1.82, 2.24) is 20.6 Å². The molecule has 0 atom stereocenters. The zero-order chi connectivity index (χ0) is 17.5. The Kier molecular flexibility index (Phi) is 6.78. The van der Waals surface area contributed by atoms with Crippen molar-refractivity contribution < 1.29 is 4.42 Å². The third-order valence-electron chi connectivity index (χ3n) is 3.53. The van der Waals surface area contributed by atoms with Gasteiger partial charge in [-0.05, 0) is 20.8 Å². The Morgan fingerprint density at radius 1 is 1.29 bits per heavy atom. The van der Waals surface area contributed by atoms with Crippen molar-refractivity contribution in [3.05, 3.63) is 33.4 Å². The highest BCUT2D eigenvalue weighted by Crippen LogP contribution is 2.19. The fourth-order valence-electron chi connectivity index (χ4n) is 2.11. The van der Waals surface area contributed by atoms with Crippen LogP contribution in [-0.4, -0.2) is 29.0 Å². The number of rotatable bonds is 7. The molecule has 2 N–H and O–H groups in total. The van der Waals surface area contributed by atoms with Crippen LogP contribution in [0.25, 0.3) is 0 Å². The second-order valence-electron chi connectivity index (χ2n) is 5.95. The van der Waals surface area contributed by atoms with E-state index in [0.717, 1.165) is 42.6 Å². The summed E-state index contributed by atoms with van der Waals surface area (Å²) in [5, 5.41) is 9.90. The van der Waals surface area contributed by atoms with Gasteiger partial charge < -0.3 is 15.1 Å². The lowest BCUT2D eigenvalue weighted by molar-refractivity contribution is 0.473. The molecule has 0 saturated heterocycles. The van der Waals surface area contributed by atoms with Gasteiger partial charge in [0.25, 0.3) is 0 Å². The van der Waals surface area contributed by atoms with Crippen LogP contribution < -0.4 is 10.6 Å². The van der Waals surface area contributed by atoms with Crippen LogP contribution >= 0.6 is 11.3 Å². The summed E-state index contributed by atoms with van der Waals surface area (Å²) in [4.78, 5) is 13.5. The Balaban J connectivity index is 1.86. The van der Waals surface area contributed by atoms with E-state index in [0.29, 0.717) is 18.4 Å². The molecule has 0 aliphatic heterocycles. The van der Waals surface area contributed by atoms with E-state index in [1.54, 1.807) is 11.3 Å². The summed E-state index contributed by atoms with van der Waals surface area (Å²) >= 11 is 1.73. The van der Waals surface area contributed by atoms with Gasteiger partial charge in [-0.15, -0.1) is 11.3 Å². The molecule has 0 amide bonds. The summed E-state index contributed by atoms with van der Waals surface area (Å²) in [6.07, 6.45) is 0.880. The van der Waals surface area contributed by atoms with Gasteiger partial charge in [-0.1, -0.05) is 13.8 Å². The quantitative estimate of drug-likeness (QED) is 0.593. The minimum absolute atomic E-state index is 0.429. The average Bonchev–Trinajstić information content (AvgIpc) is 3.12. The monoisotopic (exact) mass is 349 g/mol. The normalized spacial score (nSPS) is 12.0. The maximum absolute atomic E-state index is 5.56. The molecule has 0 radical (unpaired) electrons. The van der Waals surface area contributed by atoms with E-state index in [9.17, 15) is 0 Å². The molecule has 0 aliphatic carbocycles. The number of nitrogens with one attached hydrogen (secondary N) is 2. The lowest BCUT2D eigenvalue weighted by Crippen LogP contribution is -2.38. The van der Waals surface area contributed by atoms with Crippen LogP contribution in [-0.2, 0) is 13.0 Å². The SMILES string of the molecule is CCNC(=NCc1nc(C)c(C)o1)NCCc1csc(C(C)C)n1. The molecule has 0 aromatic carbocycles.